The standard InChI is InChI=1S/C25H26N2O2/c1-15-7-11-20-22(16(15)2)24(3,4)25(27(20)5)14-26-23-19-13-18(28-6)10-8-17(19)9-12-21(23)29-25/h7-14H,1-6H3/t25-/m0/s1. The van der Waals surface area contributed by atoms with Crippen LogP contribution >= 0.6 is 0 Å². The predicted molar refractivity (Wildman–Crippen MR) is 119 cm³/mol. The van der Waals surface area contributed by atoms with Crippen LogP contribution in [0.1, 0.15) is 30.5 Å². The molecule has 1 atom stereocenters. The van der Waals surface area contributed by atoms with Crippen molar-refractivity contribution in [1.82, 2.24) is 0 Å². The van der Waals surface area contributed by atoms with Crippen LogP contribution < -0.4 is 14.4 Å². The molecule has 0 fully saturated rings. The maximum atomic E-state index is 6.80. The number of aryl methyl sites for hydroxylation is 1. The van der Waals surface area contributed by atoms with Gasteiger partial charge >= 0.3 is 0 Å². The first-order valence-electron chi connectivity index (χ1n) is 9.99. The summed E-state index contributed by atoms with van der Waals surface area (Å²) in [6.45, 7) is 8.88. The summed E-state index contributed by atoms with van der Waals surface area (Å²) < 4.78 is 12.2. The number of rotatable bonds is 1. The van der Waals surface area contributed by atoms with Gasteiger partial charge in [-0.05, 0) is 74.0 Å². The smallest absolute Gasteiger partial charge is 0.228 e. The van der Waals surface area contributed by atoms with Gasteiger partial charge in [0.2, 0.25) is 5.72 Å². The molecule has 2 heterocycles. The Labute approximate surface area is 171 Å². The monoisotopic (exact) mass is 386 g/mol. The summed E-state index contributed by atoms with van der Waals surface area (Å²) in [5.41, 5.74) is 5.08. The molecule has 0 bridgehead atoms. The number of nitrogens with zero attached hydrogens (tertiary/aromatic N) is 2. The summed E-state index contributed by atoms with van der Waals surface area (Å²) in [6, 6.07) is 14.6. The largest absolute Gasteiger partial charge is 0.497 e. The van der Waals surface area contributed by atoms with Crippen LogP contribution in [-0.2, 0) is 5.41 Å². The van der Waals surface area contributed by atoms with Crippen molar-refractivity contribution in [1.29, 1.82) is 0 Å². The van der Waals surface area contributed by atoms with E-state index in [2.05, 4.69) is 63.9 Å². The first-order chi connectivity index (χ1) is 13.8. The SMILES string of the molecule is COc1ccc2ccc3c(c2c1)N=C[C@@]1(O3)N(C)c2ccc(C)c(C)c2C1(C)C. The summed E-state index contributed by atoms with van der Waals surface area (Å²) >= 11 is 0. The Morgan fingerprint density at radius 3 is 2.55 bits per heavy atom. The van der Waals surface area contributed by atoms with Crippen LogP contribution in [0.25, 0.3) is 10.8 Å². The number of anilines is 1. The van der Waals surface area contributed by atoms with E-state index < -0.39 is 5.72 Å². The van der Waals surface area contributed by atoms with Crippen molar-refractivity contribution < 1.29 is 9.47 Å². The summed E-state index contributed by atoms with van der Waals surface area (Å²) in [5, 5.41) is 2.16. The van der Waals surface area contributed by atoms with Crippen LogP contribution in [0, 0.1) is 13.8 Å². The van der Waals surface area contributed by atoms with E-state index in [1.54, 1.807) is 7.11 Å². The molecule has 0 unspecified atom stereocenters. The Morgan fingerprint density at radius 1 is 1.03 bits per heavy atom. The second-order valence-corrected chi connectivity index (χ2v) is 8.64. The summed E-state index contributed by atoms with van der Waals surface area (Å²) in [4.78, 5) is 7.20. The van der Waals surface area contributed by atoms with Crippen LogP contribution in [-0.4, -0.2) is 26.1 Å². The number of ether oxygens (including phenoxy) is 2. The average Bonchev–Trinajstić information content (AvgIpc) is 2.88. The van der Waals surface area contributed by atoms with E-state index in [9.17, 15) is 0 Å². The highest BCUT2D eigenvalue weighted by Crippen LogP contribution is 2.55. The molecule has 1 spiro atoms. The van der Waals surface area contributed by atoms with Crippen LogP contribution in [0.3, 0.4) is 0 Å². The van der Waals surface area contributed by atoms with E-state index in [0.29, 0.717) is 0 Å². The molecule has 0 saturated carbocycles. The van der Waals surface area contributed by atoms with Gasteiger partial charge in [0, 0.05) is 18.1 Å². The molecule has 0 aliphatic carbocycles. The minimum atomic E-state index is -0.673. The number of hydrogen-bond donors (Lipinski definition) is 0. The molecule has 0 aromatic heterocycles. The van der Waals surface area contributed by atoms with E-state index >= 15 is 0 Å². The molecule has 2 aliphatic rings. The quantitative estimate of drug-likeness (QED) is 0.539. The van der Waals surface area contributed by atoms with Crippen molar-refractivity contribution in [2.24, 2.45) is 4.99 Å². The molecular formula is C25H26N2O2. The van der Waals surface area contributed by atoms with Gasteiger partial charge in [0.15, 0.2) is 0 Å². The van der Waals surface area contributed by atoms with Gasteiger partial charge in [0.1, 0.15) is 17.2 Å². The number of aliphatic imine (C=N–C) groups is 1. The maximum absolute atomic E-state index is 6.80. The fourth-order valence-electron chi connectivity index (χ4n) is 5.04. The van der Waals surface area contributed by atoms with E-state index in [4.69, 9.17) is 14.5 Å². The van der Waals surface area contributed by atoms with Crippen LogP contribution in [0.2, 0.25) is 0 Å². The third kappa shape index (κ3) is 2.17. The number of benzene rings is 3. The van der Waals surface area contributed by atoms with Gasteiger partial charge in [0.25, 0.3) is 0 Å². The number of hydrogen-bond acceptors (Lipinski definition) is 4. The minimum Gasteiger partial charge on any atom is -0.497 e. The lowest BCUT2D eigenvalue weighted by atomic mass is 9.75. The fraction of sp³-hybridized carbons (Fsp3) is 0.320. The molecule has 3 aromatic carbocycles. The van der Waals surface area contributed by atoms with Crippen molar-refractivity contribution in [3.8, 4) is 11.5 Å². The molecule has 29 heavy (non-hydrogen) atoms. The Balaban J connectivity index is 1.71. The van der Waals surface area contributed by atoms with Crippen LogP contribution in [0.4, 0.5) is 11.4 Å². The van der Waals surface area contributed by atoms with Gasteiger partial charge < -0.3 is 14.4 Å². The lowest BCUT2D eigenvalue weighted by Crippen LogP contribution is -2.61. The minimum absolute atomic E-state index is 0.266. The number of likely N-dealkylation sites (N-methyl/N-ethyl adjacent to an activating group) is 1. The molecule has 4 heteroatoms. The topological polar surface area (TPSA) is 34.1 Å². The molecule has 0 radical (unpaired) electrons. The molecule has 3 aromatic rings. The Hall–Kier alpha value is -3.01. The van der Waals surface area contributed by atoms with Gasteiger partial charge in [-0.15, -0.1) is 0 Å². The van der Waals surface area contributed by atoms with Gasteiger partial charge in [-0.2, -0.15) is 0 Å². The van der Waals surface area contributed by atoms with E-state index in [-0.39, 0.29) is 5.41 Å². The lowest BCUT2D eigenvalue weighted by molar-refractivity contribution is 0.0824. The van der Waals surface area contributed by atoms with Gasteiger partial charge in [-0.1, -0.05) is 18.2 Å². The van der Waals surface area contributed by atoms with Crippen molar-refractivity contribution in [3.05, 3.63) is 59.2 Å². The van der Waals surface area contributed by atoms with Crippen molar-refractivity contribution >= 4 is 28.4 Å². The predicted octanol–water partition coefficient (Wildman–Crippen LogP) is 5.68. The van der Waals surface area contributed by atoms with Crippen LogP contribution in [0.5, 0.6) is 11.5 Å². The summed E-state index contributed by atoms with van der Waals surface area (Å²) in [7, 11) is 3.78. The Morgan fingerprint density at radius 2 is 1.79 bits per heavy atom. The molecular weight excluding hydrogens is 360 g/mol. The van der Waals surface area contributed by atoms with Gasteiger partial charge in [0.05, 0.1) is 18.7 Å². The van der Waals surface area contributed by atoms with E-state index in [1.807, 2.05) is 24.4 Å². The Kier molecular flexibility index (Phi) is 3.58. The van der Waals surface area contributed by atoms with Gasteiger partial charge in [-0.3, -0.25) is 4.99 Å². The average molecular weight is 386 g/mol. The highest BCUT2D eigenvalue weighted by molar-refractivity contribution is 6.00. The van der Waals surface area contributed by atoms with Crippen molar-refractivity contribution in [2.75, 3.05) is 19.1 Å². The molecule has 4 nitrogen and oxygen atoms in total. The van der Waals surface area contributed by atoms with E-state index in [1.165, 1.54) is 22.4 Å². The lowest BCUT2D eigenvalue weighted by Gasteiger charge is -2.45. The maximum Gasteiger partial charge on any atom is 0.228 e. The van der Waals surface area contributed by atoms with Crippen molar-refractivity contribution in [2.45, 2.75) is 38.8 Å². The molecule has 5 rings (SSSR count). The molecule has 0 amide bonds. The molecule has 148 valence electrons. The zero-order valence-electron chi connectivity index (χ0n) is 17.8. The van der Waals surface area contributed by atoms with Crippen molar-refractivity contribution in [3.63, 3.8) is 0 Å². The first kappa shape index (κ1) is 18.0. The zero-order valence-corrected chi connectivity index (χ0v) is 17.8. The molecule has 0 saturated heterocycles. The zero-order chi connectivity index (χ0) is 20.6. The summed E-state index contributed by atoms with van der Waals surface area (Å²) in [6.07, 6.45) is 1.99. The third-order valence-electron chi connectivity index (χ3n) is 6.89. The highest BCUT2D eigenvalue weighted by atomic mass is 16.5. The summed E-state index contributed by atoms with van der Waals surface area (Å²) in [5.74, 6) is 1.62. The van der Waals surface area contributed by atoms with Gasteiger partial charge in [-0.25, -0.2) is 0 Å². The second-order valence-electron chi connectivity index (χ2n) is 8.64. The van der Waals surface area contributed by atoms with E-state index in [0.717, 1.165) is 28.0 Å². The number of methoxy groups -OCH3 is 1. The van der Waals surface area contributed by atoms with Crippen LogP contribution in [0.15, 0.2) is 47.5 Å². The highest BCUT2D eigenvalue weighted by Gasteiger charge is 2.59. The second kappa shape index (κ2) is 5.76. The number of fused-ring (bicyclic) bond motifs is 4. The fourth-order valence-corrected chi connectivity index (χ4v) is 5.04. The third-order valence-corrected chi connectivity index (χ3v) is 6.89. The Bertz CT molecular complexity index is 1200. The molecule has 2 aliphatic heterocycles. The first-order valence-corrected chi connectivity index (χ1v) is 9.99. The molecule has 0 N–H and O–H groups in total. The normalized spacial score (nSPS) is 21.2.